The first kappa shape index (κ1) is 17.0. The van der Waals surface area contributed by atoms with Crippen LogP contribution in [0, 0.1) is 0 Å². The quantitative estimate of drug-likeness (QED) is 0.874. The Balaban J connectivity index is 1.35. The van der Waals surface area contributed by atoms with Crippen LogP contribution < -0.4 is 0 Å². The molecule has 1 aliphatic carbocycles. The lowest BCUT2D eigenvalue weighted by Crippen LogP contribution is -2.44. The van der Waals surface area contributed by atoms with E-state index >= 15 is 0 Å². The molecule has 1 saturated heterocycles. The van der Waals surface area contributed by atoms with Gasteiger partial charge in [0, 0.05) is 17.5 Å². The molecular formula is C23H21NO4. The fourth-order valence-electron chi connectivity index (χ4n) is 4.94. The zero-order valence-corrected chi connectivity index (χ0v) is 15.4. The standard InChI is InChI=1S/C23H21NO4/c25-22(26)14-11-15-9-10-16(12-14)24(15)23(27)28-13-21-19-7-3-1-5-17(19)18-6-2-4-8-20(18)21/h1-8,11,15-16,21H,9-10,12-13H2,(H,25,26). The Bertz CT molecular complexity index is 950. The molecule has 2 bridgehead atoms. The van der Waals surface area contributed by atoms with E-state index in [1.54, 1.807) is 11.0 Å². The Morgan fingerprint density at radius 1 is 1.00 bits per heavy atom. The largest absolute Gasteiger partial charge is 0.478 e. The van der Waals surface area contributed by atoms with Gasteiger partial charge in [0.15, 0.2) is 0 Å². The summed E-state index contributed by atoms with van der Waals surface area (Å²) in [5.74, 6) is -0.854. The minimum atomic E-state index is -0.885. The van der Waals surface area contributed by atoms with Gasteiger partial charge in [-0.1, -0.05) is 54.6 Å². The van der Waals surface area contributed by atoms with Crippen molar-refractivity contribution in [2.45, 2.75) is 37.3 Å². The predicted molar refractivity (Wildman–Crippen MR) is 104 cm³/mol. The molecule has 0 saturated carbocycles. The van der Waals surface area contributed by atoms with Crippen molar-refractivity contribution >= 4 is 12.1 Å². The van der Waals surface area contributed by atoms with Crippen LogP contribution in [0.5, 0.6) is 0 Å². The van der Waals surface area contributed by atoms with E-state index in [0.29, 0.717) is 12.0 Å². The summed E-state index contributed by atoms with van der Waals surface area (Å²) in [5, 5.41) is 9.26. The van der Waals surface area contributed by atoms with Crippen molar-refractivity contribution in [2.75, 3.05) is 6.61 Å². The Morgan fingerprint density at radius 3 is 2.25 bits per heavy atom. The van der Waals surface area contributed by atoms with Gasteiger partial charge in [-0.25, -0.2) is 9.59 Å². The lowest BCUT2D eigenvalue weighted by molar-refractivity contribution is -0.133. The van der Waals surface area contributed by atoms with Crippen LogP contribution in [0.1, 0.15) is 36.3 Å². The average Bonchev–Trinajstić information content (AvgIpc) is 3.17. The number of hydrogen-bond acceptors (Lipinski definition) is 3. The Kier molecular flexibility index (Phi) is 3.97. The number of rotatable bonds is 3. The first-order chi connectivity index (χ1) is 13.6. The second kappa shape index (κ2) is 6.51. The number of benzene rings is 2. The highest BCUT2D eigenvalue weighted by atomic mass is 16.6. The van der Waals surface area contributed by atoms with Gasteiger partial charge < -0.3 is 9.84 Å². The Morgan fingerprint density at radius 2 is 1.64 bits per heavy atom. The average molecular weight is 375 g/mol. The molecule has 1 fully saturated rings. The predicted octanol–water partition coefficient (Wildman–Crippen LogP) is 4.18. The van der Waals surface area contributed by atoms with E-state index in [0.717, 1.165) is 12.8 Å². The smallest absolute Gasteiger partial charge is 0.410 e. The minimum absolute atomic E-state index is 0.0314. The molecule has 5 rings (SSSR count). The van der Waals surface area contributed by atoms with Gasteiger partial charge in [0.1, 0.15) is 6.61 Å². The van der Waals surface area contributed by atoms with Gasteiger partial charge >= 0.3 is 12.1 Å². The fourth-order valence-corrected chi connectivity index (χ4v) is 4.94. The highest BCUT2D eigenvalue weighted by Crippen LogP contribution is 2.44. The molecule has 2 aromatic rings. The third-order valence-corrected chi connectivity index (χ3v) is 6.22. The lowest BCUT2D eigenvalue weighted by Gasteiger charge is -2.32. The third kappa shape index (κ3) is 2.61. The van der Waals surface area contributed by atoms with E-state index in [-0.39, 0.29) is 30.7 Å². The van der Waals surface area contributed by atoms with Crippen LogP contribution in [0.2, 0.25) is 0 Å². The van der Waals surface area contributed by atoms with Crippen LogP contribution in [-0.2, 0) is 9.53 Å². The molecule has 1 N–H and O–H groups in total. The summed E-state index contributed by atoms with van der Waals surface area (Å²) >= 11 is 0. The van der Waals surface area contributed by atoms with E-state index in [1.807, 2.05) is 24.3 Å². The molecular weight excluding hydrogens is 354 g/mol. The van der Waals surface area contributed by atoms with Crippen molar-refractivity contribution < 1.29 is 19.4 Å². The van der Waals surface area contributed by atoms with Crippen molar-refractivity contribution in [3.8, 4) is 11.1 Å². The van der Waals surface area contributed by atoms with E-state index in [2.05, 4.69) is 24.3 Å². The number of carboxylic acid groups (broad SMARTS) is 1. The molecule has 28 heavy (non-hydrogen) atoms. The number of carbonyl (C=O) groups is 2. The maximum Gasteiger partial charge on any atom is 0.410 e. The van der Waals surface area contributed by atoms with Gasteiger partial charge in [-0.3, -0.25) is 4.90 Å². The number of nitrogens with zero attached hydrogens (tertiary/aromatic N) is 1. The number of fused-ring (bicyclic) bond motifs is 5. The van der Waals surface area contributed by atoms with Crippen LogP contribution in [0.4, 0.5) is 4.79 Å². The van der Waals surface area contributed by atoms with Crippen LogP contribution in [0.15, 0.2) is 60.2 Å². The van der Waals surface area contributed by atoms with E-state index in [4.69, 9.17) is 4.74 Å². The molecule has 0 radical (unpaired) electrons. The van der Waals surface area contributed by atoms with E-state index < -0.39 is 5.97 Å². The van der Waals surface area contributed by atoms with Crippen LogP contribution in [-0.4, -0.2) is 40.8 Å². The molecule has 142 valence electrons. The van der Waals surface area contributed by atoms with Crippen molar-refractivity contribution in [3.05, 3.63) is 71.3 Å². The Labute approximate surface area is 163 Å². The van der Waals surface area contributed by atoms with E-state index in [9.17, 15) is 14.7 Å². The molecule has 2 atom stereocenters. The first-order valence-corrected chi connectivity index (χ1v) is 9.71. The molecule has 2 aromatic carbocycles. The first-order valence-electron chi connectivity index (χ1n) is 9.71. The molecule has 3 aliphatic rings. The summed E-state index contributed by atoms with van der Waals surface area (Å²) in [6.07, 6.45) is 3.40. The number of carboxylic acids is 1. The summed E-state index contributed by atoms with van der Waals surface area (Å²) in [6.45, 7) is 0.290. The molecule has 1 amide bonds. The number of hydrogen-bond donors (Lipinski definition) is 1. The molecule has 0 spiro atoms. The maximum absolute atomic E-state index is 12.8. The van der Waals surface area contributed by atoms with Gasteiger partial charge in [-0.15, -0.1) is 0 Å². The topological polar surface area (TPSA) is 66.8 Å². The zero-order valence-electron chi connectivity index (χ0n) is 15.4. The minimum Gasteiger partial charge on any atom is -0.478 e. The molecule has 2 unspecified atom stereocenters. The van der Waals surface area contributed by atoms with E-state index in [1.165, 1.54) is 22.3 Å². The summed E-state index contributed by atoms with van der Waals surface area (Å²) < 4.78 is 5.77. The summed E-state index contributed by atoms with van der Waals surface area (Å²) in [6, 6.07) is 16.3. The van der Waals surface area contributed by atoms with Crippen molar-refractivity contribution in [2.24, 2.45) is 0 Å². The number of aliphatic carboxylic acids is 1. The van der Waals surface area contributed by atoms with Gasteiger partial charge in [0.25, 0.3) is 0 Å². The van der Waals surface area contributed by atoms with Crippen LogP contribution >= 0.6 is 0 Å². The fraction of sp³-hybridized carbons (Fsp3) is 0.304. The van der Waals surface area contributed by atoms with Crippen LogP contribution in [0.25, 0.3) is 11.1 Å². The number of ether oxygens (including phenoxy) is 1. The monoisotopic (exact) mass is 375 g/mol. The van der Waals surface area contributed by atoms with Gasteiger partial charge in [-0.05, 0) is 41.5 Å². The molecule has 0 aromatic heterocycles. The molecule has 2 aliphatic heterocycles. The van der Waals surface area contributed by atoms with Crippen molar-refractivity contribution in [3.63, 3.8) is 0 Å². The summed E-state index contributed by atoms with van der Waals surface area (Å²) in [7, 11) is 0. The van der Waals surface area contributed by atoms with Crippen LogP contribution in [0.3, 0.4) is 0 Å². The maximum atomic E-state index is 12.8. The molecule has 2 heterocycles. The van der Waals surface area contributed by atoms with Crippen molar-refractivity contribution in [1.82, 2.24) is 4.90 Å². The normalized spacial score (nSPS) is 22.4. The molecule has 5 nitrogen and oxygen atoms in total. The summed E-state index contributed by atoms with van der Waals surface area (Å²) in [4.78, 5) is 25.9. The van der Waals surface area contributed by atoms with Crippen molar-refractivity contribution in [1.29, 1.82) is 0 Å². The number of amides is 1. The van der Waals surface area contributed by atoms with Gasteiger partial charge in [0.2, 0.25) is 0 Å². The highest BCUT2D eigenvalue weighted by molar-refractivity contribution is 5.87. The second-order valence-electron chi connectivity index (χ2n) is 7.71. The zero-order chi connectivity index (χ0) is 19.3. The second-order valence-corrected chi connectivity index (χ2v) is 7.71. The van der Waals surface area contributed by atoms with Gasteiger partial charge in [0.05, 0.1) is 6.04 Å². The SMILES string of the molecule is O=C(O)C1=CC2CCC(C1)N2C(=O)OCC1c2ccccc2-c2ccccc21. The lowest BCUT2D eigenvalue weighted by atomic mass is 9.98. The third-order valence-electron chi connectivity index (χ3n) is 6.22. The Hall–Kier alpha value is -3.08. The van der Waals surface area contributed by atoms with Gasteiger partial charge in [-0.2, -0.15) is 0 Å². The number of carbonyl (C=O) groups excluding carboxylic acids is 1. The molecule has 5 heteroatoms. The summed E-state index contributed by atoms with van der Waals surface area (Å²) in [5.41, 5.74) is 5.19. The highest BCUT2D eigenvalue weighted by Gasteiger charge is 2.42.